The van der Waals surface area contributed by atoms with E-state index in [2.05, 4.69) is 24.6 Å². The molecule has 0 spiro atoms. The van der Waals surface area contributed by atoms with Crippen molar-refractivity contribution in [2.75, 3.05) is 5.43 Å². The predicted molar refractivity (Wildman–Crippen MR) is 82.8 cm³/mol. The second kappa shape index (κ2) is 6.02. The molecule has 4 N–H and O–H groups in total. The first-order valence-electron chi connectivity index (χ1n) is 6.98. The maximum atomic E-state index is 12.4. The average Bonchev–Trinajstić information content (AvgIpc) is 2.37. The van der Waals surface area contributed by atoms with E-state index in [1.165, 1.54) is 6.42 Å². The van der Waals surface area contributed by atoms with E-state index in [1.807, 2.05) is 0 Å². The zero-order chi connectivity index (χ0) is 14.8. The fourth-order valence-electron chi connectivity index (χ4n) is 2.91. The molecule has 2 rings (SSSR count). The molecule has 5 heteroatoms. The third-order valence-corrected chi connectivity index (χ3v) is 4.16. The van der Waals surface area contributed by atoms with Crippen LogP contribution in [0.2, 0.25) is 5.02 Å². The third-order valence-electron chi connectivity index (χ3n) is 3.92. The second-order valence-electron chi connectivity index (χ2n) is 6.27. The van der Waals surface area contributed by atoms with Gasteiger partial charge in [-0.1, -0.05) is 31.9 Å². The zero-order valence-corrected chi connectivity index (χ0v) is 12.8. The molecule has 4 nitrogen and oxygen atoms in total. The van der Waals surface area contributed by atoms with Crippen molar-refractivity contribution in [2.24, 2.45) is 11.3 Å². The van der Waals surface area contributed by atoms with Gasteiger partial charge in [-0.05, 0) is 42.9 Å². The second-order valence-corrected chi connectivity index (χ2v) is 6.70. The fraction of sp³-hybridized carbons (Fsp3) is 0.533. The first-order chi connectivity index (χ1) is 9.41. The molecule has 0 saturated heterocycles. The number of hydrogen-bond acceptors (Lipinski definition) is 3. The number of nitrogen functional groups attached to an aromatic ring is 1. The molecule has 1 aromatic rings. The highest BCUT2D eigenvalue weighted by Gasteiger charge is 2.29. The zero-order valence-electron chi connectivity index (χ0n) is 12.0. The SMILES string of the molecule is CC1(C)CCCC(NC(=O)c2cc(Cl)ccc2NN)C1. The maximum Gasteiger partial charge on any atom is 0.253 e. The number of carbonyl (C=O) groups is 1. The third kappa shape index (κ3) is 3.64. The molecule has 110 valence electrons. The normalized spacial score (nSPS) is 21.3. The molecule has 1 atom stereocenters. The Labute approximate surface area is 125 Å². The molecular formula is C15H22ClN3O. The van der Waals surface area contributed by atoms with Gasteiger partial charge in [-0.15, -0.1) is 0 Å². The molecular weight excluding hydrogens is 274 g/mol. The van der Waals surface area contributed by atoms with E-state index in [-0.39, 0.29) is 11.9 Å². The molecule has 1 aliphatic carbocycles. The lowest BCUT2D eigenvalue weighted by Crippen LogP contribution is -2.41. The highest BCUT2D eigenvalue weighted by molar-refractivity contribution is 6.31. The van der Waals surface area contributed by atoms with E-state index in [1.54, 1.807) is 18.2 Å². The molecule has 1 saturated carbocycles. The molecule has 1 unspecified atom stereocenters. The summed E-state index contributed by atoms with van der Waals surface area (Å²) in [4.78, 5) is 12.4. The minimum atomic E-state index is -0.122. The molecule has 1 aromatic carbocycles. The number of halogens is 1. The monoisotopic (exact) mass is 295 g/mol. The van der Waals surface area contributed by atoms with Gasteiger partial charge in [0.1, 0.15) is 0 Å². The van der Waals surface area contributed by atoms with Gasteiger partial charge >= 0.3 is 0 Å². The van der Waals surface area contributed by atoms with E-state index in [0.717, 1.165) is 19.3 Å². The lowest BCUT2D eigenvalue weighted by Gasteiger charge is -2.35. The number of nitrogens with two attached hydrogens (primary N) is 1. The summed E-state index contributed by atoms with van der Waals surface area (Å²) in [5, 5.41) is 3.63. The van der Waals surface area contributed by atoms with Crippen molar-refractivity contribution in [3.63, 3.8) is 0 Å². The van der Waals surface area contributed by atoms with E-state index in [9.17, 15) is 4.79 Å². The molecule has 1 amide bonds. The van der Waals surface area contributed by atoms with Gasteiger partial charge in [-0.25, -0.2) is 0 Å². The summed E-state index contributed by atoms with van der Waals surface area (Å²) in [6.07, 6.45) is 4.40. The van der Waals surface area contributed by atoms with Gasteiger partial charge in [-0.2, -0.15) is 0 Å². The van der Waals surface area contributed by atoms with Crippen LogP contribution in [-0.2, 0) is 0 Å². The number of amides is 1. The smallest absolute Gasteiger partial charge is 0.253 e. The summed E-state index contributed by atoms with van der Waals surface area (Å²) in [5.74, 6) is 5.32. The van der Waals surface area contributed by atoms with Crippen LogP contribution in [0, 0.1) is 5.41 Å². The van der Waals surface area contributed by atoms with Crippen molar-refractivity contribution in [3.05, 3.63) is 28.8 Å². The summed E-state index contributed by atoms with van der Waals surface area (Å²) in [7, 11) is 0. The molecule has 1 aliphatic rings. The number of hydrazine groups is 1. The molecule has 0 aliphatic heterocycles. The quantitative estimate of drug-likeness (QED) is 0.592. The Bertz CT molecular complexity index is 502. The van der Waals surface area contributed by atoms with E-state index in [0.29, 0.717) is 21.7 Å². The first-order valence-corrected chi connectivity index (χ1v) is 7.36. The molecule has 0 heterocycles. The highest BCUT2D eigenvalue weighted by Crippen LogP contribution is 2.35. The van der Waals surface area contributed by atoms with Crippen LogP contribution in [0.4, 0.5) is 5.69 Å². The Kier molecular flexibility index (Phi) is 4.55. The van der Waals surface area contributed by atoms with E-state index in [4.69, 9.17) is 17.4 Å². The molecule has 1 fully saturated rings. The van der Waals surface area contributed by atoms with Gasteiger partial charge in [0, 0.05) is 11.1 Å². The van der Waals surface area contributed by atoms with Gasteiger partial charge in [0.15, 0.2) is 0 Å². The van der Waals surface area contributed by atoms with E-state index >= 15 is 0 Å². The van der Waals surface area contributed by atoms with Crippen molar-refractivity contribution in [2.45, 2.75) is 45.6 Å². The summed E-state index contributed by atoms with van der Waals surface area (Å²) < 4.78 is 0. The van der Waals surface area contributed by atoms with Crippen molar-refractivity contribution in [1.82, 2.24) is 5.32 Å². The maximum absolute atomic E-state index is 12.4. The number of rotatable bonds is 3. The van der Waals surface area contributed by atoms with Crippen LogP contribution in [0.3, 0.4) is 0 Å². The van der Waals surface area contributed by atoms with Crippen LogP contribution < -0.4 is 16.6 Å². The summed E-state index contributed by atoms with van der Waals surface area (Å²) in [6.45, 7) is 4.50. The minimum Gasteiger partial charge on any atom is -0.349 e. The molecule has 0 bridgehead atoms. The minimum absolute atomic E-state index is 0.122. The lowest BCUT2D eigenvalue weighted by atomic mass is 9.75. The average molecular weight is 296 g/mol. The van der Waals surface area contributed by atoms with Gasteiger partial charge in [0.05, 0.1) is 11.3 Å². The number of nitrogens with one attached hydrogen (secondary N) is 2. The van der Waals surface area contributed by atoms with Crippen LogP contribution in [0.25, 0.3) is 0 Å². The Hall–Kier alpha value is -1.26. The topological polar surface area (TPSA) is 67.2 Å². The Morgan fingerprint density at radius 1 is 1.45 bits per heavy atom. The Morgan fingerprint density at radius 2 is 2.20 bits per heavy atom. The van der Waals surface area contributed by atoms with Crippen molar-refractivity contribution in [1.29, 1.82) is 0 Å². The van der Waals surface area contributed by atoms with Gasteiger partial charge in [0.25, 0.3) is 5.91 Å². The van der Waals surface area contributed by atoms with Crippen LogP contribution >= 0.6 is 11.6 Å². The van der Waals surface area contributed by atoms with Crippen molar-refractivity contribution < 1.29 is 4.79 Å². The Balaban J connectivity index is 2.10. The Morgan fingerprint density at radius 3 is 2.85 bits per heavy atom. The van der Waals surface area contributed by atoms with Gasteiger partial charge in [0.2, 0.25) is 0 Å². The molecule has 0 aromatic heterocycles. The lowest BCUT2D eigenvalue weighted by molar-refractivity contribution is 0.0903. The van der Waals surface area contributed by atoms with Crippen LogP contribution in [-0.4, -0.2) is 11.9 Å². The predicted octanol–water partition coefficient (Wildman–Crippen LogP) is 3.32. The number of hydrogen-bond donors (Lipinski definition) is 3. The number of carbonyl (C=O) groups excluding carboxylic acids is 1. The fourth-order valence-corrected chi connectivity index (χ4v) is 3.09. The van der Waals surface area contributed by atoms with Crippen LogP contribution in [0.15, 0.2) is 18.2 Å². The summed E-state index contributed by atoms with van der Waals surface area (Å²) in [5.41, 5.74) is 3.90. The van der Waals surface area contributed by atoms with Gasteiger partial charge < -0.3 is 10.7 Å². The summed E-state index contributed by atoms with van der Waals surface area (Å²) >= 11 is 5.96. The largest absolute Gasteiger partial charge is 0.349 e. The molecule has 20 heavy (non-hydrogen) atoms. The number of benzene rings is 1. The highest BCUT2D eigenvalue weighted by atomic mass is 35.5. The van der Waals surface area contributed by atoms with Crippen molar-refractivity contribution in [3.8, 4) is 0 Å². The number of anilines is 1. The first kappa shape index (κ1) is 15.1. The van der Waals surface area contributed by atoms with E-state index < -0.39 is 0 Å². The summed E-state index contributed by atoms with van der Waals surface area (Å²) in [6, 6.07) is 5.27. The van der Waals surface area contributed by atoms with Crippen LogP contribution in [0.5, 0.6) is 0 Å². The van der Waals surface area contributed by atoms with Crippen LogP contribution in [0.1, 0.15) is 49.9 Å². The van der Waals surface area contributed by atoms with Crippen molar-refractivity contribution >= 4 is 23.2 Å². The molecule has 0 radical (unpaired) electrons. The standard InChI is InChI=1S/C15H22ClN3O/c1-15(2)7-3-4-11(9-15)18-14(20)12-8-10(16)5-6-13(12)19-17/h5-6,8,11,19H,3-4,7,9,17H2,1-2H3,(H,18,20). The van der Waals surface area contributed by atoms with Gasteiger partial charge in [-0.3, -0.25) is 10.6 Å².